The lowest BCUT2D eigenvalue weighted by atomic mass is 9.90. The number of ether oxygens (including phenoxy) is 2. The van der Waals surface area contributed by atoms with Crippen LogP contribution < -0.4 is 15.4 Å². The third kappa shape index (κ3) is 9.28. The van der Waals surface area contributed by atoms with Crippen LogP contribution in [0.4, 0.5) is 16.2 Å². The molecule has 2 fully saturated rings. The Balaban J connectivity index is 1.71. The molecule has 1 aliphatic heterocycles. The van der Waals surface area contributed by atoms with Gasteiger partial charge in [-0.3, -0.25) is 19.2 Å². The number of cyclic esters (lactones) is 1. The molecule has 1 aromatic rings. The molecule has 2 aliphatic rings. The number of carbonyl (C=O) groups excluding carboxylic acids is 5. The SMILES string of the molecule is CC#CC#CC#CC#CC#CC#CC#CC#CC(=O)Nc1ccc(OC)c(NC(=O)C(C(=O)C2(CC)CC2)N2C(=O)OC(C)(C)C2=O)c1. The second-order valence-corrected chi connectivity index (χ2v) is 10.4. The molecule has 1 aromatic carbocycles. The monoisotopic (exact) mass is 637 g/mol. The second kappa shape index (κ2) is 16.4. The number of nitrogens with one attached hydrogen (secondary N) is 2. The van der Waals surface area contributed by atoms with Gasteiger partial charge in [-0.05, 0) is 141 Å². The van der Waals surface area contributed by atoms with Gasteiger partial charge in [-0.1, -0.05) is 12.8 Å². The molecular formula is C38H27N3O7. The van der Waals surface area contributed by atoms with Crippen LogP contribution in [0.2, 0.25) is 0 Å². The Morgan fingerprint density at radius 2 is 1.42 bits per heavy atom. The number of nitrogens with zero attached hydrogens (tertiary/aromatic N) is 1. The van der Waals surface area contributed by atoms with Crippen LogP contribution in [0.1, 0.15) is 47.0 Å². The molecule has 1 saturated carbocycles. The summed E-state index contributed by atoms with van der Waals surface area (Å²) in [7, 11) is 1.36. The van der Waals surface area contributed by atoms with Gasteiger partial charge in [0.25, 0.3) is 11.8 Å². The van der Waals surface area contributed by atoms with Crippen LogP contribution in [-0.2, 0) is 23.9 Å². The van der Waals surface area contributed by atoms with Crippen molar-refractivity contribution in [2.45, 2.75) is 58.6 Å². The Morgan fingerprint density at radius 3 is 1.88 bits per heavy atom. The summed E-state index contributed by atoms with van der Waals surface area (Å²) in [6.07, 6.45) is 0.407. The summed E-state index contributed by atoms with van der Waals surface area (Å²) < 4.78 is 10.5. The summed E-state index contributed by atoms with van der Waals surface area (Å²) in [5, 5.41) is 5.12. The van der Waals surface area contributed by atoms with E-state index in [1.807, 2.05) is 0 Å². The Morgan fingerprint density at radius 1 is 0.875 bits per heavy atom. The molecule has 1 atom stereocenters. The molecule has 0 radical (unpaired) electrons. The van der Waals surface area contributed by atoms with Gasteiger partial charge in [0, 0.05) is 17.0 Å². The zero-order valence-electron chi connectivity index (χ0n) is 26.7. The maximum Gasteiger partial charge on any atom is 0.418 e. The Kier molecular flexibility index (Phi) is 12.1. The predicted octanol–water partition coefficient (Wildman–Crippen LogP) is 2.50. The van der Waals surface area contributed by atoms with E-state index in [2.05, 4.69) is 105 Å². The summed E-state index contributed by atoms with van der Waals surface area (Å²) >= 11 is 0. The van der Waals surface area contributed by atoms with Crippen molar-refractivity contribution in [3.05, 3.63) is 18.2 Å². The number of benzene rings is 1. The average molecular weight is 638 g/mol. The maximum atomic E-state index is 13.7. The number of hydrogen-bond donors (Lipinski definition) is 2. The lowest BCUT2D eigenvalue weighted by molar-refractivity contribution is -0.144. The number of imide groups is 1. The topological polar surface area (TPSA) is 131 Å². The van der Waals surface area contributed by atoms with Crippen molar-refractivity contribution in [3.8, 4) is 100 Å². The molecule has 1 unspecified atom stereocenters. The van der Waals surface area contributed by atoms with Crippen LogP contribution in [0, 0.1) is 100 Å². The van der Waals surface area contributed by atoms with E-state index in [4.69, 9.17) is 9.47 Å². The van der Waals surface area contributed by atoms with Crippen molar-refractivity contribution in [2.75, 3.05) is 17.7 Å². The van der Waals surface area contributed by atoms with Crippen LogP contribution in [0.15, 0.2) is 18.2 Å². The fraction of sp³-hybridized carbons (Fsp3) is 0.289. The quantitative estimate of drug-likeness (QED) is 0.331. The summed E-state index contributed by atoms with van der Waals surface area (Å²) in [5.41, 5.74) is -2.08. The molecule has 10 nitrogen and oxygen atoms in total. The number of hydrogen-bond acceptors (Lipinski definition) is 7. The zero-order valence-corrected chi connectivity index (χ0v) is 26.7. The van der Waals surface area contributed by atoms with Crippen LogP contribution in [0.3, 0.4) is 0 Å². The van der Waals surface area contributed by atoms with Gasteiger partial charge >= 0.3 is 12.0 Å². The smallest absolute Gasteiger partial charge is 0.418 e. The number of methoxy groups -OCH3 is 1. The van der Waals surface area contributed by atoms with Gasteiger partial charge in [0.05, 0.1) is 12.8 Å². The highest BCUT2D eigenvalue weighted by Crippen LogP contribution is 2.51. The molecule has 0 aromatic heterocycles. The largest absolute Gasteiger partial charge is 0.495 e. The summed E-state index contributed by atoms with van der Waals surface area (Å²) in [6, 6.07) is 2.56. The van der Waals surface area contributed by atoms with Crippen molar-refractivity contribution in [1.82, 2.24) is 4.90 Å². The molecule has 4 amide bonds. The van der Waals surface area contributed by atoms with E-state index >= 15 is 0 Å². The van der Waals surface area contributed by atoms with Gasteiger partial charge in [0.2, 0.25) is 0 Å². The average Bonchev–Trinajstić information content (AvgIpc) is 3.82. The number of ketones is 1. The van der Waals surface area contributed by atoms with Crippen molar-refractivity contribution in [2.24, 2.45) is 5.41 Å². The van der Waals surface area contributed by atoms with E-state index in [1.54, 1.807) is 13.8 Å². The van der Waals surface area contributed by atoms with Gasteiger partial charge < -0.3 is 20.1 Å². The number of Topliss-reactive ketones (excluding diaryl/α,β-unsaturated/α-hetero) is 1. The highest BCUT2D eigenvalue weighted by Gasteiger charge is 2.59. The molecule has 236 valence electrons. The fourth-order valence-corrected chi connectivity index (χ4v) is 4.25. The Bertz CT molecular complexity index is 2080. The first-order valence-corrected chi connectivity index (χ1v) is 14.3. The van der Waals surface area contributed by atoms with Gasteiger partial charge in [0.1, 0.15) is 5.75 Å². The van der Waals surface area contributed by atoms with Crippen LogP contribution >= 0.6 is 0 Å². The van der Waals surface area contributed by atoms with Crippen molar-refractivity contribution in [3.63, 3.8) is 0 Å². The van der Waals surface area contributed by atoms with Gasteiger partial charge in [-0.15, -0.1) is 0 Å². The second-order valence-electron chi connectivity index (χ2n) is 10.4. The third-order valence-electron chi connectivity index (χ3n) is 6.91. The minimum absolute atomic E-state index is 0.0649. The van der Waals surface area contributed by atoms with Crippen LogP contribution in [0.5, 0.6) is 5.75 Å². The zero-order chi connectivity index (χ0) is 35.2. The molecule has 10 heteroatoms. The number of anilines is 2. The third-order valence-corrected chi connectivity index (χ3v) is 6.91. The fourth-order valence-electron chi connectivity index (χ4n) is 4.25. The van der Waals surface area contributed by atoms with Crippen molar-refractivity contribution in [1.29, 1.82) is 0 Å². The van der Waals surface area contributed by atoms with Crippen LogP contribution in [0.25, 0.3) is 0 Å². The minimum Gasteiger partial charge on any atom is -0.495 e. The molecule has 0 bridgehead atoms. The van der Waals surface area contributed by atoms with E-state index in [1.165, 1.54) is 39.2 Å². The summed E-state index contributed by atoms with van der Waals surface area (Å²) in [5.74, 6) is 36.6. The van der Waals surface area contributed by atoms with E-state index in [0.29, 0.717) is 24.2 Å². The summed E-state index contributed by atoms with van der Waals surface area (Å²) in [4.78, 5) is 66.0. The molecule has 1 aliphatic carbocycles. The van der Waals surface area contributed by atoms with E-state index in [-0.39, 0.29) is 17.1 Å². The normalized spacial score (nSPS) is 14.1. The van der Waals surface area contributed by atoms with E-state index in [0.717, 1.165) is 0 Å². The number of amides is 4. The van der Waals surface area contributed by atoms with Gasteiger partial charge in [0.15, 0.2) is 17.4 Å². The Labute approximate surface area is 279 Å². The molecular weight excluding hydrogens is 610 g/mol. The molecule has 0 spiro atoms. The molecule has 48 heavy (non-hydrogen) atoms. The maximum absolute atomic E-state index is 13.7. The van der Waals surface area contributed by atoms with Gasteiger partial charge in [-0.25, -0.2) is 9.69 Å². The van der Waals surface area contributed by atoms with Crippen LogP contribution in [-0.4, -0.2) is 53.3 Å². The number of carbonyl (C=O) groups is 5. The van der Waals surface area contributed by atoms with Gasteiger partial charge in [-0.2, -0.15) is 0 Å². The first-order valence-electron chi connectivity index (χ1n) is 14.3. The lowest BCUT2D eigenvalue weighted by Crippen LogP contribution is -2.55. The van der Waals surface area contributed by atoms with E-state index in [9.17, 15) is 24.0 Å². The Hall–Kier alpha value is -6.95. The predicted molar refractivity (Wildman–Crippen MR) is 176 cm³/mol. The lowest BCUT2D eigenvalue weighted by Gasteiger charge is -2.26. The highest BCUT2D eigenvalue weighted by atomic mass is 16.6. The standard InChI is InChI=1S/C38H27N3O7/c1-6-8-9-10-11-12-13-14-15-16-17-18-19-20-21-22-31(42)39-28-23-24-30(47-5)29(27-28)40-34(44)32(33(43)38(7-2)25-26-38)41-35(45)37(3,4)48-36(41)46/h23-24,27,32H,7,25-26H2,1-5H3,(H,39,42)(H,40,44). The highest BCUT2D eigenvalue weighted by molar-refractivity contribution is 6.19. The first-order chi connectivity index (χ1) is 23.0. The molecule has 3 rings (SSSR count). The number of rotatable bonds is 8. The molecule has 1 heterocycles. The first kappa shape index (κ1) is 35.5. The van der Waals surface area contributed by atoms with Crippen molar-refractivity contribution >= 4 is 41.0 Å². The van der Waals surface area contributed by atoms with Crippen molar-refractivity contribution < 1.29 is 33.4 Å². The molecule has 2 N–H and O–H groups in total. The molecule has 1 saturated heterocycles. The minimum atomic E-state index is -1.77. The van der Waals surface area contributed by atoms with E-state index < -0.39 is 46.7 Å². The summed E-state index contributed by atoms with van der Waals surface area (Å²) in [6.45, 7) is 6.23.